The van der Waals surface area contributed by atoms with Crippen molar-refractivity contribution in [3.05, 3.63) is 101 Å². The van der Waals surface area contributed by atoms with Crippen LogP contribution in [-0.2, 0) is 11.4 Å². The minimum absolute atomic E-state index is 0.197. The highest BCUT2D eigenvalue weighted by Crippen LogP contribution is 2.16. The summed E-state index contributed by atoms with van der Waals surface area (Å²) in [5.41, 5.74) is 2.74. The molecular formula is C22H18ClNO2. The van der Waals surface area contributed by atoms with E-state index in [1.54, 1.807) is 30.3 Å². The van der Waals surface area contributed by atoms with E-state index in [9.17, 15) is 4.79 Å². The molecule has 3 rings (SSSR count). The van der Waals surface area contributed by atoms with Crippen molar-refractivity contribution in [2.75, 3.05) is 5.32 Å². The Morgan fingerprint density at radius 3 is 2.31 bits per heavy atom. The van der Waals surface area contributed by atoms with Crippen molar-refractivity contribution < 1.29 is 9.53 Å². The molecule has 3 aromatic carbocycles. The monoisotopic (exact) mass is 363 g/mol. The summed E-state index contributed by atoms with van der Waals surface area (Å²) in [4.78, 5) is 11.9. The molecule has 0 bridgehead atoms. The summed E-state index contributed by atoms with van der Waals surface area (Å²) in [7, 11) is 0. The van der Waals surface area contributed by atoms with Gasteiger partial charge in [-0.1, -0.05) is 54.1 Å². The first-order valence-corrected chi connectivity index (χ1v) is 8.58. The Balaban J connectivity index is 1.52. The van der Waals surface area contributed by atoms with Gasteiger partial charge in [-0.25, -0.2) is 0 Å². The lowest BCUT2D eigenvalue weighted by molar-refractivity contribution is -0.111. The number of benzene rings is 3. The molecule has 0 aliphatic carbocycles. The maximum Gasteiger partial charge on any atom is 0.248 e. The maximum atomic E-state index is 11.9. The molecule has 1 N–H and O–H groups in total. The number of hydrogen-bond acceptors (Lipinski definition) is 2. The molecule has 3 nitrogen and oxygen atoms in total. The quantitative estimate of drug-likeness (QED) is 0.581. The fraction of sp³-hybridized carbons (Fsp3) is 0.0455. The van der Waals surface area contributed by atoms with E-state index in [4.69, 9.17) is 16.3 Å². The van der Waals surface area contributed by atoms with Crippen LogP contribution in [0.3, 0.4) is 0 Å². The highest BCUT2D eigenvalue weighted by atomic mass is 35.5. The van der Waals surface area contributed by atoms with Crippen molar-refractivity contribution in [1.29, 1.82) is 0 Å². The van der Waals surface area contributed by atoms with Crippen LogP contribution in [-0.4, -0.2) is 5.91 Å². The number of ether oxygens (including phenoxy) is 1. The largest absolute Gasteiger partial charge is 0.489 e. The van der Waals surface area contributed by atoms with Gasteiger partial charge in [0.05, 0.1) is 0 Å². The molecule has 0 radical (unpaired) electrons. The maximum absolute atomic E-state index is 11.9. The number of hydrogen-bond donors (Lipinski definition) is 1. The van der Waals surface area contributed by atoms with Crippen molar-refractivity contribution in [3.8, 4) is 5.75 Å². The summed E-state index contributed by atoms with van der Waals surface area (Å²) in [5, 5.41) is 3.41. The van der Waals surface area contributed by atoms with Gasteiger partial charge in [-0.05, 0) is 53.6 Å². The van der Waals surface area contributed by atoms with Gasteiger partial charge in [0.2, 0.25) is 5.91 Å². The molecule has 0 aromatic heterocycles. The molecule has 4 heteroatoms. The molecule has 0 saturated carbocycles. The average molecular weight is 364 g/mol. The van der Waals surface area contributed by atoms with Crippen LogP contribution < -0.4 is 10.1 Å². The van der Waals surface area contributed by atoms with Crippen LogP contribution in [0, 0.1) is 0 Å². The van der Waals surface area contributed by atoms with E-state index in [0.717, 1.165) is 16.9 Å². The van der Waals surface area contributed by atoms with E-state index >= 15 is 0 Å². The third kappa shape index (κ3) is 5.50. The predicted octanol–water partition coefficient (Wildman–Crippen LogP) is 5.57. The number of nitrogens with one attached hydrogen (secondary N) is 1. The molecule has 0 aliphatic heterocycles. The highest BCUT2D eigenvalue weighted by molar-refractivity contribution is 6.30. The Hall–Kier alpha value is -3.04. The standard InChI is InChI=1S/C22H18ClNO2/c23-19-9-11-20(12-10-19)24-22(25)15-8-17-6-13-21(14-7-17)26-16-18-4-2-1-3-5-18/h1-15H,16H2,(H,24,25)/b15-8+. The highest BCUT2D eigenvalue weighted by Gasteiger charge is 1.99. The Kier molecular flexibility index (Phi) is 6.07. The third-order valence-electron chi connectivity index (χ3n) is 3.67. The minimum Gasteiger partial charge on any atom is -0.489 e. The van der Waals surface area contributed by atoms with E-state index in [2.05, 4.69) is 5.32 Å². The summed E-state index contributed by atoms with van der Waals surface area (Å²) >= 11 is 5.82. The van der Waals surface area contributed by atoms with Gasteiger partial charge in [0.15, 0.2) is 0 Å². The van der Waals surface area contributed by atoms with Crippen molar-refractivity contribution in [2.45, 2.75) is 6.61 Å². The molecule has 0 atom stereocenters. The number of anilines is 1. The Morgan fingerprint density at radius 2 is 1.62 bits per heavy atom. The van der Waals surface area contributed by atoms with Gasteiger partial charge in [-0.2, -0.15) is 0 Å². The van der Waals surface area contributed by atoms with E-state index in [0.29, 0.717) is 17.3 Å². The molecule has 0 saturated heterocycles. The Bertz CT molecular complexity index is 872. The number of rotatable bonds is 6. The topological polar surface area (TPSA) is 38.3 Å². The van der Waals surface area contributed by atoms with Gasteiger partial charge < -0.3 is 10.1 Å². The van der Waals surface area contributed by atoms with Crippen LogP contribution in [0.5, 0.6) is 5.75 Å². The fourth-order valence-electron chi connectivity index (χ4n) is 2.31. The molecule has 26 heavy (non-hydrogen) atoms. The van der Waals surface area contributed by atoms with Gasteiger partial charge in [-0.3, -0.25) is 4.79 Å². The van der Waals surface area contributed by atoms with Crippen LogP contribution in [0.15, 0.2) is 84.9 Å². The number of carbonyl (C=O) groups is 1. The van der Waals surface area contributed by atoms with E-state index in [1.165, 1.54) is 6.08 Å². The van der Waals surface area contributed by atoms with Crippen LogP contribution in [0.25, 0.3) is 6.08 Å². The lowest BCUT2D eigenvalue weighted by atomic mass is 10.2. The summed E-state index contributed by atoms with van der Waals surface area (Å²) in [6, 6.07) is 24.6. The summed E-state index contributed by atoms with van der Waals surface area (Å²) in [6.45, 7) is 0.527. The molecule has 0 aliphatic rings. The van der Waals surface area contributed by atoms with Gasteiger partial charge in [0.25, 0.3) is 0 Å². The molecule has 0 fully saturated rings. The van der Waals surface area contributed by atoms with Gasteiger partial charge >= 0.3 is 0 Å². The lowest BCUT2D eigenvalue weighted by Crippen LogP contribution is -2.07. The first-order chi connectivity index (χ1) is 12.7. The zero-order chi connectivity index (χ0) is 18.2. The zero-order valence-electron chi connectivity index (χ0n) is 14.1. The summed E-state index contributed by atoms with van der Waals surface area (Å²) in [5.74, 6) is 0.591. The van der Waals surface area contributed by atoms with Gasteiger partial charge in [-0.15, -0.1) is 0 Å². The van der Waals surface area contributed by atoms with E-state index in [1.807, 2.05) is 54.6 Å². The molecule has 3 aromatic rings. The number of amides is 1. The van der Waals surface area contributed by atoms with Gasteiger partial charge in [0, 0.05) is 16.8 Å². The van der Waals surface area contributed by atoms with Crippen LogP contribution >= 0.6 is 11.6 Å². The molecular weight excluding hydrogens is 346 g/mol. The third-order valence-corrected chi connectivity index (χ3v) is 3.92. The predicted molar refractivity (Wildman–Crippen MR) is 106 cm³/mol. The SMILES string of the molecule is O=C(/C=C/c1ccc(OCc2ccccc2)cc1)Nc1ccc(Cl)cc1. The smallest absolute Gasteiger partial charge is 0.248 e. The minimum atomic E-state index is -0.197. The molecule has 0 heterocycles. The van der Waals surface area contributed by atoms with Crippen molar-refractivity contribution >= 4 is 29.3 Å². The molecule has 1 amide bonds. The van der Waals surface area contributed by atoms with E-state index in [-0.39, 0.29) is 5.91 Å². The summed E-state index contributed by atoms with van der Waals surface area (Å²) < 4.78 is 5.75. The first-order valence-electron chi connectivity index (χ1n) is 8.20. The summed E-state index contributed by atoms with van der Waals surface area (Å²) in [6.07, 6.45) is 3.25. The van der Waals surface area contributed by atoms with Crippen LogP contribution in [0.2, 0.25) is 5.02 Å². The zero-order valence-corrected chi connectivity index (χ0v) is 14.8. The Morgan fingerprint density at radius 1 is 0.923 bits per heavy atom. The second-order valence-electron chi connectivity index (χ2n) is 5.67. The van der Waals surface area contributed by atoms with Crippen molar-refractivity contribution in [2.24, 2.45) is 0 Å². The van der Waals surface area contributed by atoms with Gasteiger partial charge in [0.1, 0.15) is 12.4 Å². The second kappa shape index (κ2) is 8.88. The number of carbonyl (C=O) groups excluding carboxylic acids is 1. The molecule has 0 unspecified atom stereocenters. The van der Waals surface area contributed by atoms with Crippen LogP contribution in [0.4, 0.5) is 5.69 Å². The normalized spacial score (nSPS) is 10.7. The number of halogens is 1. The Labute approximate surface area is 157 Å². The average Bonchev–Trinajstić information content (AvgIpc) is 2.68. The van der Waals surface area contributed by atoms with E-state index < -0.39 is 0 Å². The fourth-order valence-corrected chi connectivity index (χ4v) is 2.43. The van der Waals surface area contributed by atoms with Crippen LogP contribution in [0.1, 0.15) is 11.1 Å². The lowest BCUT2D eigenvalue weighted by Gasteiger charge is -2.06. The van der Waals surface area contributed by atoms with Crippen molar-refractivity contribution in [1.82, 2.24) is 0 Å². The van der Waals surface area contributed by atoms with Crippen molar-refractivity contribution in [3.63, 3.8) is 0 Å². The second-order valence-corrected chi connectivity index (χ2v) is 6.11. The molecule has 0 spiro atoms. The first kappa shape index (κ1) is 17.8. The molecule has 130 valence electrons.